The summed E-state index contributed by atoms with van der Waals surface area (Å²) < 4.78 is 43.9. The Bertz CT molecular complexity index is 649. The first-order valence-corrected chi connectivity index (χ1v) is 6.88. The molecule has 0 saturated carbocycles. The number of unbranched alkanes of at least 4 members (excludes halogenated alkanes) is 1. The maximum atomic E-state index is 13.1. The molecule has 0 saturated heterocycles. The van der Waals surface area contributed by atoms with E-state index in [0.717, 1.165) is 7.11 Å². The number of nitrogens with zero attached hydrogens (tertiary/aromatic N) is 3. The minimum absolute atomic E-state index is 0.201. The standard InChI is InChI=1S/C13H16F3N3O5/c1-4-5-6-17(2)10-9(18(20)21)7-8(13(14,15)16)12(24-3)11(10)19(22)23/h7H,4-6H2,1-3H3. The lowest BCUT2D eigenvalue weighted by Crippen LogP contribution is -2.22. The molecule has 0 fully saturated rings. The van der Waals surface area contributed by atoms with Crippen molar-refractivity contribution in [2.75, 3.05) is 25.6 Å². The van der Waals surface area contributed by atoms with Crippen molar-refractivity contribution in [3.8, 4) is 5.75 Å². The first-order valence-electron chi connectivity index (χ1n) is 6.88. The molecule has 1 aromatic carbocycles. The number of hydrogen-bond acceptors (Lipinski definition) is 6. The Labute approximate surface area is 135 Å². The molecule has 0 aromatic heterocycles. The minimum Gasteiger partial charge on any atom is -0.490 e. The van der Waals surface area contributed by atoms with E-state index in [9.17, 15) is 33.4 Å². The van der Waals surface area contributed by atoms with Gasteiger partial charge in [0.15, 0.2) is 5.69 Å². The fraction of sp³-hybridized carbons (Fsp3) is 0.538. The number of anilines is 1. The van der Waals surface area contributed by atoms with Gasteiger partial charge in [0.1, 0.15) is 5.56 Å². The normalized spacial score (nSPS) is 11.2. The quantitative estimate of drug-likeness (QED) is 0.548. The van der Waals surface area contributed by atoms with Gasteiger partial charge in [-0.2, -0.15) is 13.2 Å². The first-order chi connectivity index (χ1) is 11.1. The molecular formula is C13H16F3N3O5. The lowest BCUT2D eigenvalue weighted by Gasteiger charge is -2.21. The molecule has 1 rings (SSSR count). The van der Waals surface area contributed by atoms with Gasteiger partial charge in [-0.15, -0.1) is 0 Å². The van der Waals surface area contributed by atoms with E-state index in [1.165, 1.54) is 11.9 Å². The lowest BCUT2D eigenvalue weighted by atomic mass is 10.1. The van der Waals surface area contributed by atoms with Gasteiger partial charge in [0, 0.05) is 19.7 Å². The van der Waals surface area contributed by atoms with Gasteiger partial charge in [0.2, 0.25) is 5.75 Å². The Hall–Kier alpha value is -2.59. The average molecular weight is 351 g/mol. The SMILES string of the molecule is CCCCN(C)c1c([N+](=O)[O-])cc(C(F)(F)F)c(OC)c1[N+](=O)[O-]. The summed E-state index contributed by atoms with van der Waals surface area (Å²) in [5.74, 6) is -1.04. The van der Waals surface area contributed by atoms with Crippen molar-refractivity contribution in [1.82, 2.24) is 0 Å². The highest BCUT2D eigenvalue weighted by Gasteiger charge is 2.44. The lowest BCUT2D eigenvalue weighted by molar-refractivity contribution is -0.393. The number of nitro benzene ring substituents is 2. The van der Waals surface area contributed by atoms with Crippen LogP contribution in [0, 0.1) is 20.2 Å². The van der Waals surface area contributed by atoms with Crippen LogP contribution < -0.4 is 9.64 Å². The third-order valence-electron chi connectivity index (χ3n) is 3.33. The van der Waals surface area contributed by atoms with Crippen LogP contribution in [0.2, 0.25) is 0 Å². The maximum Gasteiger partial charge on any atom is 0.420 e. The van der Waals surface area contributed by atoms with Crippen LogP contribution in [0.25, 0.3) is 0 Å². The van der Waals surface area contributed by atoms with E-state index >= 15 is 0 Å². The molecule has 0 spiro atoms. The van der Waals surface area contributed by atoms with E-state index < -0.39 is 44.4 Å². The van der Waals surface area contributed by atoms with Gasteiger partial charge in [0.05, 0.1) is 17.0 Å². The molecule has 1 aromatic rings. The minimum atomic E-state index is -5.04. The number of ether oxygens (including phenoxy) is 1. The highest BCUT2D eigenvalue weighted by molar-refractivity contribution is 5.81. The maximum absolute atomic E-state index is 13.1. The second-order valence-electron chi connectivity index (χ2n) is 4.96. The van der Waals surface area contributed by atoms with Crippen LogP contribution in [0.3, 0.4) is 0 Å². The average Bonchev–Trinajstić information content (AvgIpc) is 2.48. The predicted octanol–water partition coefficient (Wildman–Crippen LogP) is 3.77. The Morgan fingerprint density at radius 3 is 2.21 bits per heavy atom. The molecule has 8 nitrogen and oxygen atoms in total. The number of alkyl halides is 3. The zero-order valence-electron chi connectivity index (χ0n) is 13.2. The molecule has 0 amide bonds. The number of benzene rings is 1. The van der Waals surface area contributed by atoms with Crippen LogP contribution in [0.5, 0.6) is 5.75 Å². The number of hydrogen-bond donors (Lipinski definition) is 0. The van der Waals surface area contributed by atoms with Crippen molar-refractivity contribution >= 4 is 17.1 Å². The number of methoxy groups -OCH3 is 1. The van der Waals surface area contributed by atoms with Gasteiger partial charge >= 0.3 is 17.6 Å². The van der Waals surface area contributed by atoms with Crippen molar-refractivity contribution in [3.05, 3.63) is 31.9 Å². The molecule has 0 N–H and O–H groups in total. The molecule has 0 radical (unpaired) electrons. The monoisotopic (exact) mass is 351 g/mol. The third kappa shape index (κ3) is 3.84. The summed E-state index contributed by atoms with van der Waals surface area (Å²) in [4.78, 5) is 21.6. The highest BCUT2D eigenvalue weighted by atomic mass is 19.4. The second-order valence-corrected chi connectivity index (χ2v) is 4.96. The van der Waals surface area contributed by atoms with Crippen LogP contribution in [-0.4, -0.2) is 30.5 Å². The molecule has 134 valence electrons. The van der Waals surface area contributed by atoms with Crippen LogP contribution in [0.4, 0.5) is 30.2 Å². The van der Waals surface area contributed by atoms with E-state index in [2.05, 4.69) is 4.74 Å². The molecule has 0 aliphatic carbocycles. The Morgan fingerprint density at radius 2 is 1.83 bits per heavy atom. The van der Waals surface area contributed by atoms with Gasteiger partial charge in [-0.05, 0) is 6.42 Å². The van der Waals surface area contributed by atoms with Crippen molar-refractivity contribution in [1.29, 1.82) is 0 Å². The number of nitro groups is 2. The molecule has 0 aliphatic heterocycles. The number of halogens is 3. The van der Waals surface area contributed by atoms with Crippen LogP contribution >= 0.6 is 0 Å². The molecule has 24 heavy (non-hydrogen) atoms. The predicted molar refractivity (Wildman–Crippen MR) is 79.5 cm³/mol. The summed E-state index contributed by atoms with van der Waals surface area (Å²) in [5, 5.41) is 22.5. The third-order valence-corrected chi connectivity index (χ3v) is 3.33. The topological polar surface area (TPSA) is 98.8 Å². The van der Waals surface area contributed by atoms with Crippen LogP contribution in [0.1, 0.15) is 25.3 Å². The fourth-order valence-electron chi connectivity index (χ4n) is 2.24. The van der Waals surface area contributed by atoms with Crippen molar-refractivity contribution < 1.29 is 27.8 Å². The molecule has 0 unspecified atom stereocenters. The van der Waals surface area contributed by atoms with Crippen molar-refractivity contribution in [2.45, 2.75) is 25.9 Å². The van der Waals surface area contributed by atoms with E-state index in [4.69, 9.17) is 0 Å². The van der Waals surface area contributed by atoms with Gasteiger partial charge in [-0.3, -0.25) is 20.2 Å². The highest BCUT2D eigenvalue weighted by Crippen LogP contribution is 2.50. The summed E-state index contributed by atoms with van der Waals surface area (Å²) in [6.45, 7) is 2.04. The summed E-state index contributed by atoms with van der Waals surface area (Å²) in [6.07, 6.45) is -3.79. The summed E-state index contributed by atoms with van der Waals surface area (Å²) in [7, 11) is 2.19. The molecule has 0 atom stereocenters. The Balaban J connectivity index is 3.84. The largest absolute Gasteiger partial charge is 0.490 e. The van der Waals surface area contributed by atoms with E-state index in [1.54, 1.807) is 0 Å². The summed E-state index contributed by atoms with van der Waals surface area (Å²) in [5.41, 5.74) is -4.13. The Kier molecular flexibility index (Phi) is 5.93. The van der Waals surface area contributed by atoms with Gasteiger partial charge < -0.3 is 9.64 Å². The summed E-state index contributed by atoms with van der Waals surface area (Å²) >= 11 is 0. The molecule has 0 heterocycles. The summed E-state index contributed by atoms with van der Waals surface area (Å²) in [6, 6.07) is 0.267. The van der Waals surface area contributed by atoms with E-state index in [0.29, 0.717) is 12.8 Å². The zero-order chi connectivity index (χ0) is 18.7. The zero-order valence-corrected chi connectivity index (χ0v) is 13.2. The van der Waals surface area contributed by atoms with Gasteiger partial charge in [-0.1, -0.05) is 13.3 Å². The fourth-order valence-corrected chi connectivity index (χ4v) is 2.24. The smallest absolute Gasteiger partial charge is 0.420 e. The van der Waals surface area contributed by atoms with Crippen molar-refractivity contribution in [3.63, 3.8) is 0 Å². The van der Waals surface area contributed by atoms with Gasteiger partial charge in [-0.25, -0.2) is 0 Å². The van der Waals surface area contributed by atoms with E-state index in [1.807, 2.05) is 6.92 Å². The molecule has 0 aliphatic rings. The van der Waals surface area contributed by atoms with Crippen LogP contribution in [-0.2, 0) is 6.18 Å². The molecule has 0 bridgehead atoms. The Morgan fingerprint density at radius 1 is 1.25 bits per heavy atom. The number of rotatable bonds is 7. The van der Waals surface area contributed by atoms with Crippen LogP contribution in [0.15, 0.2) is 6.07 Å². The molecule has 11 heteroatoms. The molecular weight excluding hydrogens is 335 g/mol. The second kappa shape index (κ2) is 7.32. The first kappa shape index (κ1) is 19.5. The van der Waals surface area contributed by atoms with Crippen molar-refractivity contribution in [2.24, 2.45) is 0 Å². The van der Waals surface area contributed by atoms with Gasteiger partial charge in [0.25, 0.3) is 0 Å². The van der Waals surface area contributed by atoms with E-state index in [-0.39, 0.29) is 12.6 Å².